The molecule has 0 aliphatic rings. The Bertz CT molecular complexity index is 621. The fourth-order valence-electron chi connectivity index (χ4n) is 2.20. The molecule has 1 amide bonds. The van der Waals surface area contributed by atoms with Crippen molar-refractivity contribution in [2.24, 2.45) is 0 Å². The first kappa shape index (κ1) is 17.4. The summed E-state index contributed by atoms with van der Waals surface area (Å²) in [7, 11) is 0. The smallest absolute Gasteiger partial charge is 0.251 e. The summed E-state index contributed by atoms with van der Waals surface area (Å²) < 4.78 is 5.62. The minimum absolute atomic E-state index is 0.0673. The lowest BCUT2D eigenvalue weighted by Gasteiger charge is -2.10. The first-order chi connectivity index (χ1) is 11.0. The summed E-state index contributed by atoms with van der Waals surface area (Å²) in [5.41, 5.74) is 1.87. The fourth-order valence-corrected chi connectivity index (χ4v) is 2.33. The summed E-state index contributed by atoms with van der Waals surface area (Å²) >= 11 is 5.81. The molecule has 0 unspecified atom stereocenters. The van der Waals surface area contributed by atoms with Gasteiger partial charge >= 0.3 is 0 Å². The Morgan fingerprint density at radius 1 is 1.09 bits per heavy atom. The third-order valence-corrected chi connectivity index (χ3v) is 3.58. The maximum Gasteiger partial charge on any atom is 0.251 e. The summed E-state index contributed by atoms with van der Waals surface area (Å²) in [6.07, 6.45) is 2.00. The van der Waals surface area contributed by atoms with E-state index in [1.54, 1.807) is 24.3 Å². The Kier molecular flexibility index (Phi) is 6.48. The van der Waals surface area contributed by atoms with Gasteiger partial charge in [-0.25, -0.2) is 0 Å². The van der Waals surface area contributed by atoms with Gasteiger partial charge in [-0.3, -0.25) is 4.79 Å². The van der Waals surface area contributed by atoms with Gasteiger partial charge in [-0.1, -0.05) is 23.7 Å². The Morgan fingerprint density at radius 3 is 2.35 bits per heavy atom. The molecule has 0 saturated carbocycles. The third-order valence-electron chi connectivity index (χ3n) is 3.33. The van der Waals surface area contributed by atoms with Crippen LogP contribution in [0.5, 0.6) is 5.75 Å². The number of hydrogen-bond acceptors (Lipinski definition) is 2. The summed E-state index contributed by atoms with van der Waals surface area (Å²) in [6, 6.07) is 15.0. The van der Waals surface area contributed by atoms with Gasteiger partial charge in [0.1, 0.15) is 5.75 Å². The van der Waals surface area contributed by atoms with Crippen molar-refractivity contribution >= 4 is 17.5 Å². The summed E-state index contributed by atoms with van der Waals surface area (Å²) in [5.74, 6) is 0.821. The fraction of sp³-hybridized carbons (Fsp3) is 0.316. The predicted octanol–water partition coefficient (Wildman–Crippen LogP) is 4.49. The molecule has 0 aromatic heterocycles. The number of amides is 1. The first-order valence-electron chi connectivity index (χ1n) is 7.84. The van der Waals surface area contributed by atoms with Crippen molar-refractivity contribution in [3.63, 3.8) is 0 Å². The number of halogens is 1. The van der Waals surface area contributed by atoms with Gasteiger partial charge in [-0.05, 0) is 68.7 Å². The van der Waals surface area contributed by atoms with Crippen molar-refractivity contribution in [2.45, 2.75) is 32.8 Å². The standard InChI is InChI=1S/C19H22ClNO2/c1-14(2)23-18-11-5-15(6-12-18)4-3-13-21-19(22)16-7-9-17(20)10-8-16/h5-12,14H,3-4,13H2,1-2H3,(H,21,22). The first-order valence-corrected chi connectivity index (χ1v) is 8.22. The van der Waals surface area contributed by atoms with E-state index in [4.69, 9.17) is 16.3 Å². The molecule has 0 saturated heterocycles. The van der Waals surface area contributed by atoms with E-state index in [1.165, 1.54) is 5.56 Å². The second kappa shape index (κ2) is 8.59. The Balaban J connectivity index is 1.72. The molecule has 2 rings (SSSR count). The number of carbonyl (C=O) groups excluding carboxylic acids is 1. The molecule has 122 valence electrons. The largest absolute Gasteiger partial charge is 0.491 e. The van der Waals surface area contributed by atoms with Crippen molar-refractivity contribution < 1.29 is 9.53 Å². The number of aryl methyl sites for hydroxylation is 1. The van der Waals surface area contributed by atoms with E-state index in [0.29, 0.717) is 17.1 Å². The molecule has 3 nitrogen and oxygen atoms in total. The zero-order valence-corrected chi connectivity index (χ0v) is 14.3. The minimum Gasteiger partial charge on any atom is -0.491 e. The molecule has 0 fully saturated rings. The normalized spacial score (nSPS) is 10.6. The topological polar surface area (TPSA) is 38.3 Å². The van der Waals surface area contributed by atoms with Gasteiger partial charge < -0.3 is 10.1 Å². The van der Waals surface area contributed by atoms with E-state index >= 15 is 0 Å². The van der Waals surface area contributed by atoms with Crippen molar-refractivity contribution in [1.82, 2.24) is 5.32 Å². The Hall–Kier alpha value is -2.00. The van der Waals surface area contributed by atoms with Gasteiger partial charge in [0.15, 0.2) is 0 Å². The van der Waals surface area contributed by atoms with Crippen molar-refractivity contribution in [3.8, 4) is 5.75 Å². The van der Waals surface area contributed by atoms with Crippen LogP contribution in [0, 0.1) is 0 Å². The van der Waals surface area contributed by atoms with E-state index < -0.39 is 0 Å². The highest BCUT2D eigenvalue weighted by Crippen LogP contribution is 2.14. The zero-order chi connectivity index (χ0) is 16.7. The number of benzene rings is 2. The maximum atomic E-state index is 11.9. The van der Waals surface area contributed by atoms with Crippen LogP contribution in [0.15, 0.2) is 48.5 Å². The molecule has 2 aromatic rings. The molecular formula is C19H22ClNO2. The summed E-state index contributed by atoms with van der Waals surface area (Å²) in [6.45, 7) is 4.67. The van der Waals surface area contributed by atoms with Gasteiger partial charge in [-0.15, -0.1) is 0 Å². The number of ether oxygens (including phenoxy) is 1. The van der Waals surface area contributed by atoms with Crippen LogP contribution in [-0.2, 0) is 6.42 Å². The quantitative estimate of drug-likeness (QED) is 0.759. The number of carbonyl (C=O) groups is 1. The molecule has 0 bridgehead atoms. The molecule has 0 aliphatic heterocycles. The zero-order valence-electron chi connectivity index (χ0n) is 13.5. The number of hydrogen-bond donors (Lipinski definition) is 1. The maximum absolute atomic E-state index is 11.9. The minimum atomic E-state index is -0.0673. The van der Waals surface area contributed by atoms with Crippen LogP contribution in [0.3, 0.4) is 0 Å². The Morgan fingerprint density at radius 2 is 1.74 bits per heavy atom. The SMILES string of the molecule is CC(C)Oc1ccc(CCCNC(=O)c2ccc(Cl)cc2)cc1. The highest BCUT2D eigenvalue weighted by atomic mass is 35.5. The lowest BCUT2D eigenvalue weighted by atomic mass is 10.1. The van der Waals surface area contributed by atoms with E-state index in [-0.39, 0.29) is 12.0 Å². The van der Waals surface area contributed by atoms with Crippen molar-refractivity contribution in [3.05, 3.63) is 64.7 Å². The summed E-state index contributed by atoms with van der Waals surface area (Å²) in [4.78, 5) is 11.9. The number of nitrogens with one attached hydrogen (secondary N) is 1. The van der Waals surface area contributed by atoms with Gasteiger partial charge in [0.25, 0.3) is 5.91 Å². The molecule has 1 N–H and O–H groups in total. The van der Waals surface area contributed by atoms with Gasteiger partial charge in [-0.2, -0.15) is 0 Å². The van der Waals surface area contributed by atoms with Gasteiger partial charge in [0.2, 0.25) is 0 Å². The highest BCUT2D eigenvalue weighted by Gasteiger charge is 2.04. The van der Waals surface area contributed by atoms with Crippen LogP contribution < -0.4 is 10.1 Å². The average Bonchev–Trinajstić information content (AvgIpc) is 2.53. The summed E-state index contributed by atoms with van der Waals surface area (Å²) in [5, 5.41) is 3.55. The molecule has 2 aromatic carbocycles. The number of rotatable bonds is 7. The van der Waals surface area contributed by atoms with Crippen LogP contribution in [0.4, 0.5) is 0 Å². The molecule has 0 radical (unpaired) electrons. The van der Waals surface area contributed by atoms with Crippen LogP contribution in [0.1, 0.15) is 36.2 Å². The molecule has 0 heterocycles. The molecule has 0 spiro atoms. The second-order valence-corrected chi connectivity index (χ2v) is 6.11. The second-order valence-electron chi connectivity index (χ2n) is 5.68. The highest BCUT2D eigenvalue weighted by molar-refractivity contribution is 6.30. The Labute approximate surface area is 142 Å². The van der Waals surface area contributed by atoms with E-state index in [9.17, 15) is 4.79 Å². The predicted molar refractivity (Wildman–Crippen MR) is 94.3 cm³/mol. The van der Waals surface area contributed by atoms with E-state index in [2.05, 4.69) is 17.4 Å². The molecular weight excluding hydrogens is 310 g/mol. The third kappa shape index (κ3) is 5.95. The van der Waals surface area contributed by atoms with Crippen molar-refractivity contribution in [2.75, 3.05) is 6.54 Å². The van der Waals surface area contributed by atoms with Crippen LogP contribution in [-0.4, -0.2) is 18.6 Å². The van der Waals surface area contributed by atoms with Crippen LogP contribution in [0.2, 0.25) is 5.02 Å². The van der Waals surface area contributed by atoms with Crippen LogP contribution in [0.25, 0.3) is 0 Å². The molecule has 23 heavy (non-hydrogen) atoms. The van der Waals surface area contributed by atoms with Crippen LogP contribution >= 0.6 is 11.6 Å². The lowest BCUT2D eigenvalue weighted by Crippen LogP contribution is -2.24. The molecule has 0 atom stereocenters. The lowest BCUT2D eigenvalue weighted by molar-refractivity contribution is 0.0953. The average molecular weight is 332 g/mol. The van der Waals surface area contributed by atoms with E-state index in [0.717, 1.165) is 18.6 Å². The molecule has 0 aliphatic carbocycles. The van der Waals surface area contributed by atoms with Gasteiger partial charge in [0, 0.05) is 17.1 Å². The van der Waals surface area contributed by atoms with E-state index in [1.807, 2.05) is 26.0 Å². The monoisotopic (exact) mass is 331 g/mol. The van der Waals surface area contributed by atoms with Crippen molar-refractivity contribution in [1.29, 1.82) is 0 Å². The van der Waals surface area contributed by atoms with Gasteiger partial charge in [0.05, 0.1) is 6.10 Å². The molecule has 4 heteroatoms.